The van der Waals surface area contributed by atoms with Gasteiger partial charge in [0.05, 0.1) is 5.92 Å². The van der Waals surface area contributed by atoms with Crippen LogP contribution in [-0.4, -0.2) is 18.4 Å². The molecule has 0 unspecified atom stereocenters. The van der Waals surface area contributed by atoms with Gasteiger partial charge in [-0.15, -0.1) is 0 Å². The fourth-order valence-electron chi connectivity index (χ4n) is 3.78. The summed E-state index contributed by atoms with van der Waals surface area (Å²) in [7, 11) is 0. The zero-order valence-corrected chi connectivity index (χ0v) is 13.4. The van der Waals surface area contributed by atoms with Gasteiger partial charge in [-0.05, 0) is 57.3 Å². The molecule has 0 spiro atoms. The highest BCUT2D eigenvalue weighted by molar-refractivity contribution is 5.72. The minimum Gasteiger partial charge on any atom is -0.462 e. The number of carbonyl (C=O) groups excluding carboxylic acids is 2. The molecule has 21 heavy (non-hydrogen) atoms. The van der Waals surface area contributed by atoms with Gasteiger partial charge in [0.25, 0.3) is 0 Å². The van der Waals surface area contributed by atoms with Crippen LogP contribution in [0.15, 0.2) is 0 Å². The summed E-state index contributed by atoms with van der Waals surface area (Å²) < 4.78 is 5.69. The third kappa shape index (κ3) is 5.12. The first-order valence-corrected chi connectivity index (χ1v) is 8.88. The van der Waals surface area contributed by atoms with Gasteiger partial charge < -0.3 is 9.53 Å². The number of unbranched alkanes of at least 4 members (excludes halogenated alkanes) is 1. The van der Waals surface area contributed by atoms with Crippen LogP contribution in [0.2, 0.25) is 0 Å². The van der Waals surface area contributed by atoms with Crippen molar-refractivity contribution in [2.24, 2.45) is 17.8 Å². The van der Waals surface area contributed by atoms with Crippen molar-refractivity contribution in [3.63, 3.8) is 0 Å². The van der Waals surface area contributed by atoms with Crippen LogP contribution < -0.4 is 0 Å². The maximum Gasteiger partial charge on any atom is 0.309 e. The number of rotatable bonds is 6. The van der Waals surface area contributed by atoms with E-state index in [1.165, 1.54) is 32.1 Å². The lowest BCUT2D eigenvalue weighted by atomic mass is 9.80. The average molecular weight is 294 g/mol. The van der Waals surface area contributed by atoms with Crippen molar-refractivity contribution in [1.29, 1.82) is 0 Å². The maximum atomic E-state index is 12.2. The molecule has 2 aliphatic rings. The molecule has 0 aromatic heterocycles. The molecule has 2 aliphatic carbocycles. The van der Waals surface area contributed by atoms with Gasteiger partial charge in [-0.2, -0.15) is 0 Å². The lowest BCUT2D eigenvalue weighted by Gasteiger charge is -2.30. The van der Waals surface area contributed by atoms with Crippen LogP contribution in [0.3, 0.4) is 0 Å². The normalized spacial score (nSPS) is 33.4. The van der Waals surface area contributed by atoms with Gasteiger partial charge in [-0.1, -0.05) is 26.2 Å². The minimum absolute atomic E-state index is 0.0264. The van der Waals surface area contributed by atoms with Crippen LogP contribution >= 0.6 is 0 Å². The summed E-state index contributed by atoms with van der Waals surface area (Å²) in [5.41, 5.74) is 0. The van der Waals surface area contributed by atoms with Crippen molar-refractivity contribution in [2.45, 2.75) is 83.7 Å². The van der Waals surface area contributed by atoms with E-state index >= 15 is 0 Å². The van der Waals surface area contributed by atoms with E-state index in [1.54, 1.807) is 0 Å². The molecule has 2 rings (SSSR count). The van der Waals surface area contributed by atoms with Crippen LogP contribution in [0.5, 0.6) is 0 Å². The van der Waals surface area contributed by atoms with Crippen LogP contribution in [0.25, 0.3) is 0 Å². The first kappa shape index (κ1) is 16.5. The molecular formula is C18H30O3. The second-order valence-corrected chi connectivity index (χ2v) is 6.97. The predicted octanol–water partition coefficient (Wildman–Crippen LogP) is 4.28. The van der Waals surface area contributed by atoms with E-state index in [0.717, 1.165) is 50.7 Å². The Hall–Kier alpha value is -0.860. The van der Waals surface area contributed by atoms with Gasteiger partial charge in [0.2, 0.25) is 0 Å². The van der Waals surface area contributed by atoms with Gasteiger partial charge in [-0.3, -0.25) is 4.79 Å². The molecule has 0 amide bonds. The average Bonchev–Trinajstić information content (AvgIpc) is 2.54. The summed E-state index contributed by atoms with van der Waals surface area (Å²) in [4.78, 5) is 23.0. The number of aldehydes is 1. The molecule has 3 heteroatoms. The van der Waals surface area contributed by atoms with Gasteiger partial charge in [-0.25, -0.2) is 0 Å². The molecule has 120 valence electrons. The molecule has 0 N–H and O–H groups in total. The van der Waals surface area contributed by atoms with Gasteiger partial charge >= 0.3 is 5.97 Å². The smallest absolute Gasteiger partial charge is 0.309 e. The molecule has 2 fully saturated rings. The van der Waals surface area contributed by atoms with E-state index in [1.807, 2.05) is 0 Å². The molecule has 3 nitrogen and oxygen atoms in total. The lowest BCUT2D eigenvalue weighted by molar-refractivity contribution is -0.157. The highest BCUT2D eigenvalue weighted by atomic mass is 16.5. The van der Waals surface area contributed by atoms with E-state index in [0.29, 0.717) is 0 Å². The van der Waals surface area contributed by atoms with Crippen molar-refractivity contribution in [2.75, 3.05) is 0 Å². The Morgan fingerprint density at radius 2 is 1.71 bits per heavy atom. The Morgan fingerprint density at radius 1 is 1.05 bits per heavy atom. The summed E-state index contributed by atoms with van der Waals surface area (Å²) in [6, 6.07) is 0. The SMILES string of the molecule is CCCCC1CCC(C(=O)OC2CCC(C=O)CC2)CC1. The second-order valence-electron chi connectivity index (χ2n) is 6.97. The largest absolute Gasteiger partial charge is 0.462 e. The number of carbonyl (C=O) groups is 2. The highest BCUT2D eigenvalue weighted by Gasteiger charge is 2.30. The highest BCUT2D eigenvalue weighted by Crippen LogP contribution is 2.33. The zero-order chi connectivity index (χ0) is 15.1. The monoisotopic (exact) mass is 294 g/mol. The fraction of sp³-hybridized carbons (Fsp3) is 0.889. The van der Waals surface area contributed by atoms with E-state index in [-0.39, 0.29) is 23.9 Å². The van der Waals surface area contributed by atoms with E-state index in [2.05, 4.69) is 6.92 Å². The van der Waals surface area contributed by atoms with Crippen molar-refractivity contribution >= 4 is 12.3 Å². The molecule has 0 saturated heterocycles. The fourth-order valence-corrected chi connectivity index (χ4v) is 3.78. The summed E-state index contributed by atoms with van der Waals surface area (Å²) in [6.07, 6.45) is 12.9. The number of hydrogen-bond donors (Lipinski definition) is 0. The molecule has 0 aliphatic heterocycles. The number of hydrogen-bond acceptors (Lipinski definition) is 3. The molecule has 0 bridgehead atoms. The van der Waals surface area contributed by atoms with Crippen LogP contribution in [0, 0.1) is 17.8 Å². The maximum absolute atomic E-state index is 12.2. The molecule has 0 heterocycles. The third-order valence-electron chi connectivity index (χ3n) is 5.34. The predicted molar refractivity (Wildman–Crippen MR) is 82.9 cm³/mol. The number of ether oxygens (including phenoxy) is 1. The standard InChI is InChI=1S/C18H30O3/c1-2-3-4-14-5-9-16(10-6-14)18(20)21-17-11-7-15(13-19)8-12-17/h13-17H,2-12H2,1H3. The zero-order valence-electron chi connectivity index (χ0n) is 13.4. The molecule has 0 aromatic carbocycles. The molecule has 0 radical (unpaired) electrons. The first-order chi connectivity index (χ1) is 10.2. The lowest BCUT2D eigenvalue weighted by Crippen LogP contribution is -2.30. The van der Waals surface area contributed by atoms with Gasteiger partial charge in [0.15, 0.2) is 0 Å². The van der Waals surface area contributed by atoms with Gasteiger partial charge in [0, 0.05) is 5.92 Å². The Labute approximate surface area is 128 Å². The van der Waals surface area contributed by atoms with Crippen LogP contribution in [0.4, 0.5) is 0 Å². The van der Waals surface area contributed by atoms with Gasteiger partial charge in [0.1, 0.15) is 12.4 Å². The quantitative estimate of drug-likeness (QED) is 0.542. The summed E-state index contributed by atoms with van der Waals surface area (Å²) >= 11 is 0. The Morgan fingerprint density at radius 3 is 2.29 bits per heavy atom. The van der Waals surface area contributed by atoms with E-state index in [4.69, 9.17) is 4.74 Å². The minimum atomic E-state index is 0.0264. The summed E-state index contributed by atoms with van der Waals surface area (Å²) in [6.45, 7) is 2.24. The number of esters is 1. The topological polar surface area (TPSA) is 43.4 Å². The molecular weight excluding hydrogens is 264 g/mol. The second kappa shape index (κ2) is 8.55. The summed E-state index contributed by atoms with van der Waals surface area (Å²) in [5, 5.41) is 0. The summed E-state index contributed by atoms with van der Waals surface area (Å²) in [5.74, 6) is 1.18. The first-order valence-electron chi connectivity index (χ1n) is 8.88. The molecule has 0 atom stereocenters. The van der Waals surface area contributed by atoms with E-state index in [9.17, 15) is 9.59 Å². The Kier molecular flexibility index (Phi) is 6.72. The van der Waals surface area contributed by atoms with E-state index < -0.39 is 0 Å². The van der Waals surface area contributed by atoms with Crippen LogP contribution in [0.1, 0.15) is 77.6 Å². The molecule has 0 aromatic rings. The van der Waals surface area contributed by atoms with Crippen molar-refractivity contribution < 1.29 is 14.3 Å². The van der Waals surface area contributed by atoms with Crippen molar-refractivity contribution in [3.05, 3.63) is 0 Å². The Balaban J connectivity index is 1.67. The van der Waals surface area contributed by atoms with Crippen molar-refractivity contribution in [1.82, 2.24) is 0 Å². The Bertz CT molecular complexity index is 323. The van der Waals surface area contributed by atoms with Crippen molar-refractivity contribution in [3.8, 4) is 0 Å². The molecule has 2 saturated carbocycles. The van der Waals surface area contributed by atoms with Crippen LogP contribution in [-0.2, 0) is 14.3 Å². The third-order valence-corrected chi connectivity index (χ3v) is 5.34.